The van der Waals surface area contributed by atoms with Crippen molar-refractivity contribution in [2.24, 2.45) is 7.05 Å². The molecule has 6 rings (SSSR count). The van der Waals surface area contributed by atoms with Crippen LogP contribution in [0.5, 0.6) is 5.75 Å². The van der Waals surface area contributed by atoms with Crippen molar-refractivity contribution in [3.05, 3.63) is 72.6 Å². The molecule has 176 valence electrons. The normalized spacial score (nSPS) is 13.9. The lowest BCUT2D eigenvalue weighted by atomic mass is 10.1. The van der Waals surface area contributed by atoms with Gasteiger partial charge in [0.15, 0.2) is 11.5 Å². The highest BCUT2D eigenvalue weighted by molar-refractivity contribution is 5.81. The van der Waals surface area contributed by atoms with Crippen LogP contribution in [0.4, 0.5) is 5.82 Å². The number of hydrogen-bond acceptors (Lipinski definition) is 7. The van der Waals surface area contributed by atoms with Gasteiger partial charge in [-0.15, -0.1) is 5.10 Å². The first-order valence-electron chi connectivity index (χ1n) is 11.9. The standard InChI is InChI=1S/C26H26N8O/c1-32-25(29-30-31-32)23-17-28-34-24(23)27-16-22(26(34)33-14-6-3-7-15-33)20-10-12-21(13-11-20)35-18-19-8-4-2-5-9-19/h2,4-5,8-13,16-17H,3,6-7,14-15,18H2,1H3. The molecule has 1 saturated heterocycles. The van der Waals surface area contributed by atoms with Crippen LogP contribution in [0.3, 0.4) is 0 Å². The summed E-state index contributed by atoms with van der Waals surface area (Å²) in [6, 6.07) is 18.4. The predicted octanol–water partition coefficient (Wildman–Crippen LogP) is 4.16. The Bertz CT molecular complexity index is 1440. The van der Waals surface area contributed by atoms with Gasteiger partial charge in [0.25, 0.3) is 0 Å². The van der Waals surface area contributed by atoms with Crippen molar-refractivity contribution >= 4 is 11.5 Å². The van der Waals surface area contributed by atoms with E-state index in [4.69, 9.17) is 14.8 Å². The van der Waals surface area contributed by atoms with Crippen LogP contribution >= 0.6 is 0 Å². The number of nitrogens with zero attached hydrogens (tertiary/aromatic N) is 8. The molecule has 0 aliphatic carbocycles. The molecule has 5 aromatic rings. The van der Waals surface area contributed by atoms with E-state index in [1.807, 2.05) is 48.1 Å². The zero-order chi connectivity index (χ0) is 23.6. The number of fused-ring (bicyclic) bond motifs is 1. The van der Waals surface area contributed by atoms with E-state index in [0.29, 0.717) is 12.4 Å². The van der Waals surface area contributed by atoms with E-state index in [9.17, 15) is 0 Å². The molecule has 0 bridgehead atoms. The van der Waals surface area contributed by atoms with E-state index in [-0.39, 0.29) is 0 Å². The molecule has 1 aliphatic rings. The van der Waals surface area contributed by atoms with Gasteiger partial charge in [0.1, 0.15) is 18.2 Å². The van der Waals surface area contributed by atoms with Crippen LogP contribution < -0.4 is 9.64 Å². The van der Waals surface area contributed by atoms with Crippen LogP contribution in [-0.2, 0) is 13.7 Å². The number of rotatable bonds is 6. The van der Waals surface area contributed by atoms with Crippen molar-refractivity contribution in [3.63, 3.8) is 0 Å². The molecule has 0 saturated carbocycles. The molecule has 0 N–H and O–H groups in total. The minimum Gasteiger partial charge on any atom is -0.489 e. The molecular weight excluding hydrogens is 440 g/mol. The molecule has 1 fully saturated rings. The highest BCUT2D eigenvalue weighted by Gasteiger charge is 2.23. The summed E-state index contributed by atoms with van der Waals surface area (Å²) in [5.41, 5.74) is 4.82. The fourth-order valence-electron chi connectivity index (χ4n) is 4.62. The van der Waals surface area contributed by atoms with E-state index < -0.39 is 0 Å². The number of benzene rings is 2. The molecule has 0 unspecified atom stereocenters. The van der Waals surface area contributed by atoms with Gasteiger partial charge in [-0.1, -0.05) is 42.5 Å². The Morgan fingerprint density at radius 2 is 1.69 bits per heavy atom. The average molecular weight is 467 g/mol. The number of piperidine rings is 1. The van der Waals surface area contributed by atoms with Gasteiger partial charge in [0.05, 0.1) is 11.8 Å². The third-order valence-electron chi connectivity index (χ3n) is 6.43. The molecule has 0 spiro atoms. The smallest absolute Gasteiger partial charge is 0.187 e. The van der Waals surface area contributed by atoms with Gasteiger partial charge in [-0.05, 0) is 52.9 Å². The van der Waals surface area contributed by atoms with Crippen LogP contribution in [-0.4, -0.2) is 47.9 Å². The Hall–Kier alpha value is -4.27. The summed E-state index contributed by atoms with van der Waals surface area (Å²) < 4.78 is 9.57. The van der Waals surface area contributed by atoms with Crippen LogP contribution in [0.15, 0.2) is 67.0 Å². The number of aryl methyl sites for hydroxylation is 1. The second-order valence-electron chi connectivity index (χ2n) is 8.76. The Morgan fingerprint density at radius 1 is 0.886 bits per heavy atom. The molecule has 1 aliphatic heterocycles. The average Bonchev–Trinajstić information content (AvgIpc) is 3.54. The topological polar surface area (TPSA) is 86.3 Å². The quantitative estimate of drug-likeness (QED) is 0.371. The van der Waals surface area contributed by atoms with Gasteiger partial charge in [-0.2, -0.15) is 9.61 Å². The van der Waals surface area contributed by atoms with Crippen LogP contribution in [0.25, 0.3) is 28.2 Å². The minimum atomic E-state index is 0.541. The number of tetrazole rings is 1. The summed E-state index contributed by atoms with van der Waals surface area (Å²) in [7, 11) is 1.82. The Morgan fingerprint density at radius 3 is 2.43 bits per heavy atom. The van der Waals surface area contributed by atoms with Gasteiger partial charge >= 0.3 is 0 Å². The maximum Gasteiger partial charge on any atom is 0.187 e. The third kappa shape index (κ3) is 4.09. The fraction of sp³-hybridized carbons (Fsp3) is 0.269. The second-order valence-corrected chi connectivity index (χ2v) is 8.76. The van der Waals surface area contributed by atoms with E-state index in [0.717, 1.165) is 65.4 Å². The molecule has 2 aromatic carbocycles. The highest BCUT2D eigenvalue weighted by atomic mass is 16.5. The monoisotopic (exact) mass is 466 g/mol. The van der Waals surface area contributed by atoms with Crippen LogP contribution in [0.1, 0.15) is 24.8 Å². The largest absolute Gasteiger partial charge is 0.489 e. The van der Waals surface area contributed by atoms with Crippen LogP contribution in [0.2, 0.25) is 0 Å². The zero-order valence-electron chi connectivity index (χ0n) is 19.6. The molecule has 0 atom stereocenters. The summed E-state index contributed by atoms with van der Waals surface area (Å²) in [4.78, 5) is 7.22. The number of anilines is 1. The van der Waals surface area contributed by atoms with Crippen LogP contribution in [0, 0.1) is 0 Å². The molecule has 0 amide bonds. The summed E-state index contributed by atoms with van der Waals surface area (Å²) in [6.07, 6.45) is 7.32. The maximum absolute atomic E-state index is 5.99. The molecule has 9 heteroatoms. The summed E-state index contributed by atoms with van der Waals surface area (Å²) in [6.45, 7) is 2.52. The summed E-state index contributed by atoms with van der Waals surface area (Å²) >= 11 is 0. The lowest BCUT2D eigenvalue weighted by molar-refractivity contribution is 0.306. The Balaban J connectivity index is 1.37. The first kappa shape index (κ1) is 21.3. The number of ether oxygens (including phenoxy) is 1. The fourth-order valence-corrected chi connectivity index (χ4v) is 4.62. The Kier molecular flexibility index (Phi) is 5.57. The zero-order valence-corrected chi connectivity index (χ0v) is 19.6. The van der Waals surface area contributed by atoms with Crippen molar-refractivity contribution in [3.8, 4) is 28.3 Å². The predicted molar refractivity (Wildman–Crippen MR) is 133 cm³/mol. The number of aromatic nitrogens is 7. The highest BCUT2D eigenvalue weighted by Crippen LogP contribution is 2.35. The van der Waals surface area contributed by atoms with E-state index >= 15 is 0 Å². The number of hydrogen-bond donors (Lipinski definition) is 0. The SMILES string of the molecule is Cn1nnnc1-c1cnn2c(N3CCCCC3)c(-c3ccc(OCc4ccccc4)cc3)cnc12. The van der Waals surface area contributed by atoms with Crippen molar-refractivity contribution in [2.75, 3.05) is 18.0 Å². The van der Waals surface area contributed by atoms with Crippen molar-refractivity contribution in [2.45, 2.75) is 25.9 Å². The maximum atomic E-state index is 5.99. The van der Waals surface area contributed by atoms with Gasteiger partial charge in [0, 0.05) is 31.9 Å². The van der Waals surface area contributed by atoms with Gasteiger partial charge in [-0.25, -0.2) is 9.67 Å². The van der Waals surface area contributed by atoms with Gasteiger partial charge in [0.2, 0.25) is 0 Å². The molecular formula is C26H26N8O. The Labute approximate surface area is 203 Å². The second kappa shape index (κ2) is 9.17. The molecule has 35 heavy (non-hydrogen) atoms. The third-order valence-corrected chi connectivity index (χ3v) is 6.43. The molecule has 9 nitrogen and oxygen atoms in total. The van der Waals surface area contributed by atoms with Gasteiger partial charge < -0.3 is 9.64 Å². The van der Waals surface area contributed by atoms with E-state index in [1.54, 1.807) is 10.9 Å². The summed E-state index contributed by atoms with van der Waals surface area (Å²) in [5, 5.41) is 16.6. The summed E-state index contributed by atoms with van der Waals surface area (Å²) in [5.74, 6) is 2.53. The van der Waals surface area contributed by atoms with Crippen molar-refractivity contribution in [1.82, 2.24) is 34.8 Å². The molecule has 4 heterocycles. The van der Waals surface area contributed by atoms with E-state index in [1.165, 1.54) is 6.42 Å². The first-order valence-corrected chi connectivity index (χ1v) is 11.9. The lowest BCUT2D eigenvalue weighted by Crippen LogP contribution is -2.31. The van der Waals surface area contributed by atoms with E-state index in [2.05, 4.69) is 44.7 Å². The molecule has 3 aromatic heterocycles. The lowest BCUT2D eigenvalue weighted by Gasteiger charge is -2.30. The van der Waals surface area contributed by atoms with Crippen molar-refractivity contribution in [1.29, 1.82) is 0 Å². The van der Waals surface area contributed by atoms with Crippen molar-refractivity contribution < 1.29 is 4.74 Å². The first-order chi connectivity index (χ1) is 17.3. The van der Waals surface area contributed by atoms with Gasteiger partial charge in [-0.3, -0.25) is 0 Å². The molecule has 0 radical (unpaired) electrons. The minimum absolute atomic E-state index is 0.541.